The molecule has 0 saturated carbocycles. The van der Waals surface area contributed by atoms with Gasteiger partial charge in [-0.1, -0.05) is 18.6 Å². The van der Waals surface area contributed by atoms with Crippen molar-refractivity contribution in [3.8, 4) is 17.2 Å². The molecule has 61 heavy (non-hydrogen) atoms. The molecule has 18 nitrogen and oxygen atoms in total. The molecule has 7 atom stereocenters. The summed E-state index contributed by atoms with van der Waals surface area (Å²) in [5, 5.41) is 61.9. The van der Waals surface area contributed by atoms with Gasteiger partial charge in [-0.15, -0.1) is 11.8 Å². The molecule has 332 valence electrons. The van der Waals surface area contributed by atoms with Crippen LogP contribution < -0.4 is 16.2 Å². The maximum atomic E-state index is 13.7. The number of fused-ring (bicyclic) bond motifs is 3. The van der Waals surface area contributed by atoms with Crippen LogP contribution in [0, 0.1) is 5.41 Å². The highest BCUT2D eigenvalue weighted by molar-refractivity contribution is 8.00. The number of phenols is 2. The van der Waals surface area contributed by atoms with Crippen LogP contribution in [-0.4, -0.2) is 133 Å². The zero-order chi connectivity index (χ0) is 44.9. The number of aliphatic hydroxyl groups excluding tert-OH is 2. The third-order valence-electron chi connectivity index (χ3n) is 11.4. The second kappa shape index (κ2) is 20.0. The van der Waals surface area contributed by atoms with Crippen LogP contribution in [0.15, 0.2) is 18.2 Å². The van der Waals surface area contributed by atoms with E-state index in [-0.39, 0.29) is 76.0 Å². The number of methoxy groups -OCH3 is 1. The number of amides is 3. The van der Waals surface area contributed by atoms with Gasteiger partial charge < -0.3 is 61.4 Å². The number of likely N-dealkylation sites (tertiary alicyclic amines) is 1. The fourth-order valence-corrected chi connectivity index (χ4v) is 9.20. The summed E-state index contributed by atoms with van der Waals surface area (Å²) in [5.41, 5.74) is 7.45. The number of unbranched alkanes of at least 4 members (excludes halogenated alkanes) is 2. The Morgan fingerprint density at radius 3 is 2.38 bits per heavy atom. The summed E-state index contributed by atoms with van der Waals surface area (Å²) >= 11 is 1.42. The molecule has 0 spiro atoms. The van der Waals surface area contributed by atoms with Crippen molar-refractivity contribution in [1.82, 2.24) is 4.90 Å². The van der Waals surface area contributed by atoms with E-state index >= 15 is 0 Å². The zero-order valence-electron chi connectivity index (χ0n) is 34.3. The molecule has 2 aliphatic carbocycles. The number of phenolic OH excluding ortho intramolecular Hbond substituents is 2. The molecular weight excluding hydrogens is 817 g/mol. The Morgan fingerprint density at radius 2 is 1.74 bits per heavy atom. The van der Waals surface area contributed by atoms with Crippen LogP contribution in [-0.2, 0) is 35.1 Å². The van der Waals surface area contributed by atoms with Gasteiger partial charge in [0.05, 0.1) is 59.7 Å². The van der Waals surface area contributed by atoms with E-state index in [1.807, 2.05) is 0 Å². The molecule has 2 heterocycles. The van der Waals surface area contributed by atoms with E-state index in [2.05, 4.69) is 0 Å². The number of imide groups is 1. The molecule has 6 rings (SSSR count). The number of primary amides is 1. The van der Waals surface area contributed by atoms with Gasteiger partial charge in [0.15, 0.2) is 12.1 Å². The normalized spacial score (nSPS) is 25.6. The van der Waals surface area contributed by atoms with Crippen molar-refractivity contribution >= 4 is 52.5 Å². The number of thioether (sulfide) groups is 1. The van der Waals surface area contributed by atoms with E-state index in [4.69, 9.17) is 31.1 Å². The second-order valence-corrected chi connectivity index (χ2v) is 17.1. The lowest BCUT2D eigenvalue weighted by molar-refractivity contribution is -0.245. The van der Waals surface area contributed by atoms with E-state index in [1.54, 1.807) is 13.8 Å². The highest BCUT2D eigenvalue weighted by Crippen LogP contribution is 2.52. The third kappa shape index (κ3) is 10.1. The number of hydrogen-bond donors (Lipinski definition) is 8. The standard InChI is InChI=1S/C27H30N2O10.C15H24N2O4S/c1-10-22(31)13(28)6-17(38-10)39-15-8-27(36,16(29)9-30)7-12-19(15)26(35)21-20(24(12)33)23(32)11-4-3-5-14(37-2)18(11)25(21)34;1-11(18)6-3-2-4-8-17-14(20)10-12(15(17)21)22-9-5-7-13(16)19/h3-5,10,13,15,17,22,29-31,33,35-36H,6-9,28H2,1-2H3;12H,2-10H2,1H3,(H2,16,19)/t10-,13-,15-,17?,22+,27-;/m0./s1. The fraction of sp³-hybridized carbons (Fsp3) is 0.548. The smallest absolute Gasteiger partial charge is 0.242 e. The van der Waals surface area contributed by atoms with Crippen molar-refractivity contribution in [3.63, 3.8) is 0 Å². The minimum Gasteiger partial charge on any atom is -0.507 e. The summed E-state index contributed by atoms with van der Waals surface area (Å²) in [7, 11) is 1.33. The average molecular weight is 871 g/mol. The number of ketones is 3. The minimum atomic E-state index is -2.02. The summed E-state index contributed by atoms with van der Waals surface area (Å²) < 4.78 is 17.1. The first-order valence-corrected chi connectivity index (χ1v) is 21.2. The van der Waals surface area contributed by atoms with Gasteiger partial charge in [-0.25, -0.2) is 0 Å². The number of benzene rings is 2. The van der Waals surface area contributed by atoms with Crippen LogP contribution in [0.3, 0.4) is 0 Å². The molecule has 2 saturated heterocycles. The van der Waals surface area contributed by atoms with E-state index < -0.39 is 89.2 Å². The summed E-state index contributed by atoms with van der Waals surface area (Å²) in [6.45, 7) is 2.80. The molecule has 2 unspecified atom stereocenters. The molecule has 2 aromatic rings. The summed E-state index contributed by atoms with van der Waals surface area (Å²) in [4.78, 5) is 74.0. The lowest BCUT2D eigenvalue weighted by Gasteiger charge is -2.42. The monoisotopic (exact) mass is 870 g/mol. The number of carbonyl (C=O) groups excluding carboxylic acids is 6. The average Bonchev–Trinajstić information content (AvgIpc) is 3.48. The van der Waals surface area contributed by atoms with Crippen LogP contribution in [0.4, 0.5) is 0 Å². The highest BCUT2D eigenvalue weighted by atomic mass is 32.2. The first-order chi connectivity index (χ1) is 28.8. The Bertz CT molecular complexity index is 2070. The van der Waals surface area contributed by atoms with Crippen molar-refractivity contribution in [2.75, 3.05) is 26.0 Å². The molecule has 19 heteroatoms. The van der Waals surface area contributed by atoms with Gasteiger partial charge in [0, 0.05) is 67.8 Å². The van der Waals surface area contributed by atoms with Gasteiger partial charge in [-0.3, -0.25) is 28.9 Å². The van der Waals surface area contributed by atoms with E-state index in [1.165, 1.54) is 42.0 Å². The van der Waals surface area contributed by atoms with Crippen molar-refractivity contribution in [3.05, 3.63) is 51.6 Å². The number of hydrogen-bond acceptors (Lipinski definition) is 17. The lowest BCUT2D eigenvalue weighted by atomic mass is 9.71. The fourth-order valence-electron chi connectivity index (χ4n) is 8.08. The van der Waals surface area contributed by atoms with E-state index in [0.717, 1.165) is 19.3 Å². The van der Waals surface area contributed by atoms with Gasteiger partial charge in [-0.05, 0) is 44.9 Å². The highest BCUT2D eigenvalue weighted by Gasteiger charge is 2.49. The molecule has 2 fully saturated rings. The maximum Gasteiger partial charge on any atom is 0.242 e. The molecule has 0 bridgehead atoms. The Labute approximate surface area is 356 Å². The van der Waals surface area contributed by atoms with Crippen LogP contribution in [0.2, 0.25) is 0 Å². The molecule has 2 aliphatic heterocycles. The minimum absolute atomic E-state index is 0.0272. The van der Waals surface area contributed by atoms with Crippen molar-refractivity contribution in [2.45, 2.75) is 120 Å². The summed E-state index contributed by atoms with van der Waals surface area (Å²) in [6, 6.07) is 3.71. The molecule has 4 aliphatic rings. The van der Waals surface area contributed by atoms with Crippen LogP contribution in [0.1, 0.15) is 121 Å². The van der Waals surface area contributed by atoms with E-state index in [9.17, 15) is 54.3 Å². The van der Waals surface area contributed by atoms with Gasteiger partial charge >= 0.3 is 0 Å². The molecule has 10 N–H and O–H groups in total. The molecule has 3 amide bonds. The Morgan fingerprint density at radius 1 is 1.03 bits per heavy atom. The quantitative estimate of drug-likeness (QED) is 0.0440. The predicted octanol–water partition coefficient (Wildman–Crippen LogP) is 1.71. The van der Waals surface area contributed by atoms with E-state index in [0.29, 0.717) is 31.6 Å². The Kier molecular flexibility index (Phi) is 15.5. The van der Waals surface area contributed by atoms with Crippen molar-refractivity contribution in [1.29, 1.82) is 5.41 Å². The summed E-state index contributed by atoms with van der Waals surface area (Å²) in [5.74, 6) is -2.41. The van der Waals surface area contributed by atoms with Crippen molar-refractivity contribution < 1.29 is 68.5 Å². The second-order valence-electron chi connectivity index (χ2n) is 15.7. The first kappa shape index (κ1) is 47.3. The van der Waals surface area contributed by atoms with Gasteiger partial charge in [-0.2, -0.15) is 0 Å². The van der Waals surface area contributed by atoms with Crippen molar-refractivity contribution in [2.24, 2.45) is 11.5 Å². The zero-order valence-corrected chi connectivity index (χ0v) is 35.1. The summed E-state index contributed by atoms with van der Waals surface area (Å²) in [6.07, 6.45) is -0.559. The van der Waals surface area contributed by atoms with Crippen LogP contribution in [0.5, 0.6) is 17.2 Å². The number of nitrogens with one attached hydrogen (secondary N) is 1. The number of aromatic hydroxyl groups is 2. The molecule has 2 aromatic carbocycles. The number of carbonyl (C=O) groups is 6. The Balaban J connectivity index is 0.000000273. The Hall–Kier alpha value is -4.76. The number of ether oxygens (including phenoxy) is 3. The first-order valence-electron chi connectivity index (χ1n) is 20.1. The number of Topliss-reactive ketones (excluding diaryl/α,β-unsaturated/α-hetero) is 1. The number of nitrogens with zero attached hydrogens (tertiary/aromatic N) is 1. The number of aliphatic hydroxyl groups is 3. The SMILES string of the molecule is CC(=O)CCCCCN1C(=O)CC(SCCCC(N)=O)C1=O.COc1cccc2c1C(=O)c1c(O)c3c(c(O)c1C2=O)C[C@@](O)(C(=N)CO)C[C@@H]3OC1C[C@H](N)[C@H](O)[C@H](C)O1. The maximum absolute atomic E-state index is 13.7. The number of nitrogens with two attached hydrogens (primary N) is 2. The van der Waals surface area contributed by atoms with Crippen LogP contribution >= 0.6 is 11.8 Å². The van der Waals surface area contributed by atoms with Gasteiger partial charge in [0.1, 0.15) is 28.6 Å². The molecular formula is C42H54N4O14S. The lowest BCUT2D eigenvalue weighted by Crippen LogP contribution is -2.53. The third-order valence-corrected chi connectivity index (χ3v) is 12.7. The molecule has 0 aromatic heterocycles. The predicted molar refractivity (Wildman–Crippen MR) is 220 cm³/mol. The number of rotatable bonds is 16. The largest absolute Gasteiger partial charge is 0.507 e. The molecule has 0 radical (unpaired) electrons. The van der Waals surface area contributed by atoms with Gasteiger partial charge in [0.2, 0.25) is 23.5 Å². The van der Waals surface area contributed by atoms with Gasteiger partial charge in [0.25, 0.3) is 0 Å². The topological polar surface area (TPSA) is 310 Å². The van der Waals surface area contributed by atoms with Crippen LogP contribution in [0.25, 0.3) is 0 Å².